The molecule has 0 heterocycles. The summed E-state index contributed by atoms with van der Waals surface area (Å²) >= 11 is 3.08. The first-order chi connectivity index (χ1) is 8.60. The first-order valence-corrected chi connectivity index (χ1v) is 6.94. The van der Waals surface area contributed by atoms with Crippen LogP contribution in [0.25, 0.3) is 0 Å². The molecule has 1 aromatic rings. The maximum Gasteiger partial charge on any atom is 0.144 e. The summed E-state index contributed by atoms with van der Waals surface area (Å²) in [5, 5.41) is 0. The van der Waals surface area contributed by atoms with Crippen LogP contribution in [-0.2, 0) is 6.54 Å². The van der Waals surface area contributed by atoms with E-state index in [0.717, 1.165) is 19.4 Å². The second kappa shape index (κ2) is 7.81. The minimum atomic E-state index is -0.520. The van der Waals surface area contributed by atoms with E-state index in [-0.39, 0.29) is 12.1 Å². The predicted molar refractivity (Wildman–Crippen MR) is 73.3 cm³/mol. The topological polar surface area (TPSA) is 29.3 Å². The molecular weight excluding hydrogens is 302 g/mol. The average Bonchev–Trinajstić information content (AvgIpc) is 2.36. The van der Waals surface area contributed by atoms with E-state index < -0.39 is 11.6 Å². The van der Waals surface area contributed by atoms with Gasteiger partial charge in [-0.15, -0.1) is 0 Å². The lowest BCUT2D eigenvalue weighted by Crippen LogP contribution is -2.30. The Kier molecular flexibility index (Phi) is 6.75. The van der Waals surface area contributed by atoms with Gasteiger partial charge in [-0.3, -0.25) is 4.90 Å². The third-order valence-corrected chi connectivity index (χ3v) is 3.41. The molecule has 0 spiro atoms. The fraction of sp³-hybridized carbons (Fsp3) is 0.538. The second-order valence-corrected chi connectivity index (χ2v) is 5.09. The summed E-state index contributed by atoms with van der Waals surface area (Å²) in [5.74, 6) is -1.03. The molecule has 0 aliphatic heterocycles. The van der Waals surface area contributed by atoms with Crippen molar-refractivity contribution in [2.75, 3.05) is 19.6 Å². The van der Waals surface area contributed by atoms with Crippen molar-refractivity contribution in [2.45, 2.75) is 26.3 Å². The molecule has 0 radical (unpaired) electrons. The van der Waals surface area contributed by atoms with Crippen LogP contribution in [-0.4, -0.2) is 24.5 Å². The molecule has 0 atom stereocenters. The Balaban J connectivity index is 2.82. The SMILES string of the molecule is CCCCN(CCN)Cc1c(F)ccc(Br)c1F. The molecule has 0 unspecified atom stereocenters. The maximum absolute atomic E-state index is 13.8. The molecule has 0 saturated heterocycles. The third-order valence-electron chi connectivity index (χ3n) is 2.79. The van der Waals surface area contributed by atoms with Gasteiger partial charge < -0.3 is 5.73 Å². The number of unbranched alkanes of at least 4 members (excludes halogenated alkanes) is 1. The first kappa shape index (κ1) is 15.5. The van der Waals surface area contributed by atoms with Gasteiger partial charge in [-0.2, -0.15) is 0 Å². The van der Waals surface area contributed by atoms with Gasteiger partial charge in [0.25, 0.3) is 0 Å². The summed E-state index contributed by atoms with van der Waals surface area (Å²) in [6.07, 6.45) is 2.04. The number of hydrogen-bond acceptors (Lipinski definition) is 2. The molecule has 0 fully saturated rings. The molecule has 2 N–H and O–H groups in total. The Bertz CT molecular complexity index is 385. The number of halogens is 3. The van der Waals surface area contributed by atoms with Gasteiger partial charge >= 0.3 is 0 Å². The Morgan fingerprint density at radius 2 is 2.00 bits per heavy atom. The Morgan fingerprint density at radius 3 is 2.61 bits per heavy atom. The van der Waals surface area contributed by atoms with Gasteiger partial charge in [0.1, 0.15) is 11.6 Å². The second-order valence-electron chi connectivity index (χ2n) is 4.24. The van der Waals surface area contributed by atoms with Crippen molar-refractivity contribution in [3.8, 4) is 0 Å². The van der Waals surface area contributed by atoms with Crippen molar-refractivity contribution < 1.29 is 8.78 Å². The van der Waals surface area contributed by atoms with E-state index in [2.05, 4.69) is 22.9 Å². The molecule has 5 heteroatoms. The van der Waals surface area contributed by atoms with Crippen molar-refractivity contribution in [3.63, 3.8) is 0 Å². The highest BCUT2D eigenvalue weighted by Gasteiger charge is 2.15. The summed E-state index contributed by atoms with van der Waals surface area (Å²) in [6.45, 7) is 4.28. The molecule has 18 heavy (non-hydrogen) atoms. The van der Waals surface area contributed by atoms with Crippen LogP contribution >= 0.6 is 15.9 Å². The number of nitrogens with zero attached hydrogens (tertiary/aromatic N) is 1. The van der Waals surface area contributed by atoms with E-state index in [9.17, 15) is 8.78 Å². The van der Waals surface area contributed by atoms with Gasteiger partial charge in [-0.1, -0.05) is 13.3 Å². The quantitative estimate of drug-likeness (QED) is 0.781. The summed E-state index contributed by atoms with van der Waals surface area (Å²) in [4.78, 5) is 1.98. The van der Waals surface area contributed by atoms with Crippen LogP contribution in [0.5, 0.6) is 0 Å². The zero-order chi connectivity index (χ0) is 13.5. The lowest BCUT2D eigenvalue weighted by atomic mass is 10.1. The molecule has 0 saturated carbocycles. The largest absolute Gasteiger partial charge is 0.329 e. The van der Waals surface area contributed by atoms with Gasteiger partial charge in [-0.25, -0.2) is 8.78 Å². The molecule has 0 aromatic heterocycles. The van der Waals surface area contributed by atoms with E-state index in [4.69, 9.17) is 5.73 Å². The molecule has 2 nitrogen and oxygen atoms in total. The van der Waals surface area contributed by atoms with Gasteiger partial charge in [0, 0.05) is 25.2 Å². The van der Waals surface area contributed by atoms with Crippen LogP contribution in [0, 0.1) is 11.6 Å². The smallest absolute Gasteiger partial charge is 0.144 e. The molecule has 0 amide bonds. The number of rotatable bonds is 7. The van der Waals surface area contributed by atoms with Crippen molar-refractivity contribution in [1.82, 2.24) is 4.90 Å². The van der Waals surface area contributed by atoms with E-state index in [1.807, 2.05) is 4.90 Å². The monoisotopic (exact) mass is 320 g/mol. The zero-order valence-corrected chi connectivity index (χ0v) is 12.1. The standard InChI is InChI=1S/C13H19BrF2N2/c1-2-3-7-18(8-6-17)9-10-12(15)5-4-11(14)13(10)16/h4-5H,2-3,6-9,17H2,1H3. The fourth-order valence-electron chi connectivity index (χ4n) is 1.77. The Morgan fingerprint density at radius 1 is 1.28 bits per heavy atom. The van der Waals surface area contributed by atoms with Crippen molar-refractivity contribution in [2.24, 2.45) is 5.73 Å². The van der Waals surface area contributed by atoms with E-state index in [0.29, 0.717) is 17.6 Å². The van der Waals surface area contributed by atoms with Crippen molar-refractivity contribution in [3.05, 3.63) is 33.8 Å². The Labute approximate surface area is 115 Å². The highest BCUT2D eigenvalue weighted by Crippen LogP contribution is 2.22. The van der Waals surface area contributed by atoms with Crippen LogP contribution < -0.4 is 5.73 Å². The van der Waals surface area contributed by atoms with Gasteiger partial charge in [0.05, 0.1) is 4.47 Å². The number of nitrogens with two attached hydrogens (primary N) is 1. The van der Waals surface area contributed by atoms with Crippen molar-refractivity contribution in [1.29, 1.82) is 0 Å². The van der Waals surface area contributed by atoms with Gasteiger partial charge in [-0.05, 0) is 41.0 Å². The van der Waals surface area contributed by atoms with Crippen molar-refractivity contribution >= 4 is 15.9 Å². The van der Waals surface area contributed by atoms with E-state index in [1.165, 1.54) is 12.1 Å². The third kappa shape index (κ3) is 4.30. The molecule has 0 aliphatic rings. The molecule has 0 bridgehead atoms. The van der Waals surface area contributed by atoms with E-state index in [1.54, 1.807) is 0 Å². The minimum absolute atomic E-state index is 0.105. The van der Waals surface area contributed by atoms with Crippen LogP contribution in [0.15, 0.2) is 16.6 Å². The fourth-order valence-corrected chi connectivity index (χ4v) is 2.14. The average molecular weight is 321 g/mol. The lowest BCUT2D eigenvalue weighted by Gasteiger charge is -2.22. The van der Waals surface area contributed by atoms with E-state index >= 15 is 0 Å². The molecule has 0 aliphatic carbocycles. The molecular formula is C13H19BrF2N2. The van der Waals surface area contributed by atoms with Crippen LogP contribution in [0.1, 0.15) is 25.3 Å². The Hall–Kier alpha value is -0.520. The summed E-state index contributed by atoms with van der Waals surface area (Å²) < 4.78 is 27.8. The van der Waals surface area contributed by atoms with Crippen LogP contribution in [0.3, 0.4) is 0 Å². The van der Waals surface area contributed by atoms with Crippen LogP contribution in [0.2, 0.25) is 0 Å². The molecule has 1 rings (SSSR count). The highest BCUT2D eigenvalue weighted by atomic mass is 79.9. The normalized spacial score (nSPS) is 11.2. The van der Waals surface area contributed by atoms with Gasteiger partial charge in [0.2, 0.25) is 0 Å². The predicted octanol–water partition coefficient (Wildman–Crippen LogP) is 3.29. The maximum atomic E-state index is 13.8. The molecule has 102 valence electrons. The zero-order valence-electron chi connectivity index (χ0n) is 10.6. The highest BCUT2D eigenvalue weighted by molar-refractivity contribution is 9.10. The van der Waals surface area contributed by atoms with Crippen LogP contribution in [0.4, 0.5) is 8.78 Å². The molecule has 1 aromatic carbocycles. The number of hydrogen-bond donors (Lipinski definition) is 1. The number of benzene rings is 1. The minimum Gasteiger partial charge on any atom is -0.329 e. The van der Waals surface area contributed by atoms with Gasteiger partial charge in [0.15, 0.2) is 0 Å². The summed E-state index contributed by atoms with van der Waals surface area (Å²) in [6, 6.07) is 2.66. The summed E-state index contributed by atoms with van der Waals surface area (Å²) in [5.41, 5.74) is 5.63. The first-order valence-electron chi connectivity index (χ1n) is 6.15. The summed E-state index contributed by atoms with van der Waals surface area (Å²) in [7, 11) is 0. The lowest BCUT2D eigenvalue weighted by molar-refractivity contribution is 0.260.